The van der Waals surface area contributed by atoms with E-state index in [1.807, 2.05) is 0 Å². The molecule has 33 heavy (non-hydrogen) atoms. The Bertz CT molecular complexity index is 1090. The van der Waals surface area contributed by atoms with Crippen LogP contribution in [0.15, 0.2) is 4.79 Å². The molecule has 13 heteroatoms. The summed E-state index contributed by atoms with van der Waals surface area (Å²) < 4.78 is 35.0. The zero-order valence-corrected chi connectivity index (χ0v) is 19.0. The molecule has 0 amide bonds. The van der Waals surface area contributed by atoms with Crippen LogP contribution in [-0.2, 0) is 18.4 Å². The number of nitrogens with zero attached hydrogens (tertiary/aromatic N) is 6. The number of aromatic nitrogens is 4. The Morgan fingerprint density at radius 3 is 2.27 bits per heavy atom. The van der Waals surface area contributed by atoms with Gasteiger partial charge >= 0.3 is 17.8 Å². The van der Waals surface area contributed by atoms with E-state index in [0.717, 1.165) is 50.6 Å². The molecule has 2 aromatic rings. The van der Waals surface area contributed by atoms with E-state index in [1.165, 1.54) is 0 Å². The Balaban J connectivity index is 0.000000479. The van der Waals surface area contributed by atoms with Crippen LogP contribution < -0.4 is 20.8 Å². The summed E-state index contributed by atoms with van der Waals surface area (Å²) in [5.41, 5.74) is 1.33. The maximum Gasteiger partial charge on any atom is 0.490 e. The molecule has 0 aliphatic carbocycles. The van der Waals surface area contributed by atoms with Crippen molar-refractivity contribution in [3.05, 3.63) is 10.5 Å². The number of hydrogen-bond acceptors (Lipinski definition) is 7. The lowest BCUT2D eigenvalue weighted by Crippen LogP contribution is -2.44. The molecule has 1 aliphatic rings. The van der Waals surface area contributed by atoms with Crippen molar-refractivity contribution in [3.8, 4) is 11.8 Å². The van der Waals surface area contributed by atoms with Gasteiger partial charge in [-0.2, -0.15) is 23.1 Å². The fourth-order valence-corrected chi connectivity index (χ4v) is 3.31. The summed E-state index contributed by atoms with van der Waals surface area (Å²) in [4.78, 5) is 35.6. The third-order valence-corrected chi connectivity index (χ3v) is 5.06. The largest absolute Gasteiger partial charge is 0.490 e. The number of alkyl halides is 3. The summed E-state index contributed by atoms with van der Waals surface area (Å²) in [5, 5.41) is 10.5. The molecule has 0 atom stereocenters. The van der Waals surface area contributed by atoms with Gasteiger partial charge in [0.1, 0.15) is 5.52 Å². The third kappa shape index (κ3) is 5.95. The second-order valence-corrected chi connectivity index (χ2v) is 7.09. The maximum absolute atomic E-state index is 12.8. The quantitative estimate of drug-likeness (QED) is 0.623. The molecule has 3 rings (SSSR count). The Morgan fingerprint density at radius 1 is 1.21 bits per heavy atom. The van der Waals surface area contributed by atoms with Crippen LogP contribution in [0.25, 0.3) is 11.2 Å². The van der Waals surface area contributed by atoms with Crippen molar-refractivity contribution >= 4 is 28.9 Å². The molecular weight excluding hydrogens is 443 g/mol. The van der Waals surface area contributed by atoms with Crippen molar-refractivity contribution in [2.45, 2.75) is 33.5 Å². The number of hydrogen-bond donors (Lipinski definition) is 2. The molecule has 3 heterocycles. The fourth-order valence-electron chi connectivity index (χ4n) is 3.31. The van der Waals surface area contributed by atoms with Gasteiger partial charge in [0.2, 0.25) is 5.95 Å². The molecule has 0 spiro atoms. The average Bonchev–Trinajstić information content (AvgIpc) is 3.03. The summed E-state index contributed by atoms with van der Waals surface area (Å²) in [6, 6.07) is 0. The lowest BCUT2D eigenvalue weighted by Gasteiger charge is -2.30. The normalized spacial score (nSPS) is 13.7. The summed E-state index contributed by atoms with van der Waals surface area (Å²) in [6.45, 7) is 11.4. The second kappa shape index (κ2) is 11.0. The number of carboxylic acid groups (broad SMARTS) is 1. The maximum atomic E-state index is 12.8. The minimum Gasteiger partial charge on any atom is -0.475 e. The van der Waals surface area contributed by atoms with E-state index >= 15 is 0 Å². The summed E-state index contributed by atoms with van der Waals surface area (Å²) >= 11 is 0. The number of aliphatic carboxylic acids is 1. The van der Waals surface area contributed by atoms with E-state index < -0.39 is 12.1 Å². The number of nitrogens with one attached hydrogen (secondary N) is 1. The van der Waals surface area contributed by atoms with Gasteiger partial charge in [-0.05, 0) is 20.8 Å². The van der Waals surface area contributed by atoms with Gasteiger partial charge in [0.05, 0.1) is 6.54 Å². The van der Waals surface area contributed by atoms with Crippen molar-refractivity contribution in [2.75, 3.05) is 49.1 Å². The highest BCUT2D eigenvalue weighted by molar-refractivity contribution is 5.86. The van der Waals surface area contributed by atoms with Crippen LogP contribution in [0.4, 0.5) is 24.9 Å². The van der Waals surface area contributed by atoms with Gasteiger partial charge < -0.3 is 20.2 Å². The highest BCUT2D eigenvalue weighted by Crippen LogP contribution is 2.26. The van der Waals surface area contributed by atoms with Crippen molar-refractivity contribution in [3.63, 3.8) is 0 Å². The molecule has 1 fully saturated rings. The van der Waals surface area contributed by atoms with Gasteiger partial charge in [0, 0.05) is 46.3 Å². The molecule has 2 N–H and O–H groups in total. The molecule has 0 saturated carbocycles. The van der Waals surface area contributed by atoms with Gasteiger partial charge in [-0.25, -0.2) is 9.59 Å². The summed E-state index contributed by atoms with van der Waals surface area (Å²) in [5.74, 6) is 4.62. The molecular formula is C20H28F3N7O3. The predicted octanol–water partition coefficient (Wildman–Crippen LogP) is 1.04. The van der Waals surface area contributed by atoms with Gasteiger partial charge in [0.15, 0.2) is 11.5 Å². The van der Waals surface area contributed by atoms with E-state index in [-0.39, 0.29) is 5.69 Å². The number of carbonyl (C=O) groups is 1. The van der Waals surface area contributed by atoms with Crippen LogP contribution in [-0.4, -0.2) is 75.6 Å². The SMILES string of the molecule is CC#CCn1c(=O)n(C)c2nc(N(CC)CC)nc(N3CCNCC3)c21.O=C(O)C(F)(F)F. The van der Waals surface area contributed by atoms with Crippen molar-refractivity contribution in [2.24, 2.45) is 7.05 Å². The number of carboxylic acids is 1. The number of fused-ring (bicyclic) bond motifs is 1. The van der Waals surface area contributed by atoms with Crippen molar-refractivity contribution in [1.29, 1.82) is 0 Å². The van der Waals surface area contributed by atoms with Crippen LogP contribution in [0.1, 0.15) is 20.8 Å². The molecule has 0 aromatic carbocycles. The molecule has 10 nitrogen and oxygen atoms in total. The fraction of sp³-hybridized carbons (Fsp3) is 0.600. The molecule has 1 saturated heterocycles. The first-order chi connectivity index (χ1) is 15.6. The van der Waals surface area contributed by atoms with E-state index in [9.17, 15) is 18.0 Å². The Morgan fingerprint density at radius 2 is 1.79 bits per heavy atom. The van der Waals surface area contributed by atoms with E-state index in [2.05, 4.69) is 40.8 Å². The highest BCUT2D eigenvalue weighted by atomic mass is 19.4. The Kier molecular flexibility index (Phi) is 8.69. The lowest BCUT2D eigenvalue weighted by molar-refractivity contribution is -0.192. The van der Waals surface area contributed by atoms with Crippen molar-refractivity contribution < 1.29 is 23.1 Å². The minimum absolute atomic E-state index is 0.106. The minimum atomic E-state index is -5.08. The van der Waals surface area contributed by atoms with Crippen LogP contribution in [0, 0.1) is 11.8 Å². The third-order valence-electron chi connectivity index (χ3n) is 5.06. The average molecular weight is 471 g/mol. The summed E-state index contributed by atoms with van der Waals surface area (Å²) in [7, 11) is 1.76. The first kappa shape index (κ1) is 26.0. The van der Waals surface area contributed by atoms with Crippen LogP contribution >= 0.6 is 0 Å². The number of anilines is 2. The molecule has 1 aliphatic heterocycles. The van der Waals surface area contributed by atoms with E-state index in [1.54, 1.807) is 23.1 Å². The van der Waals surface area contributed by atoms with Crippen molar-refractivity contribution in [1.82, 2.24) is 24.4 Å². The second-order valence-electron chi connectivity index (χ2n) is 7.09. The van der Waals surface area contributed by atoms with Crippen LogP contribution in [0.3, 0.4) is 0 Å². The number of aryl methyl sites for hydroxylation is 1. The zero-order valence-electron chi connectivity index (χ0n) is 19.0. The number of piperazine rings is 1. The highest BCUT2D eigenvalue weighted by Gasteiger charge is 2.38. The first-order valence-electron chi connectivity index (χ1n) is 10.4. The number of imidazole rings is 1. The number of rotatable bonds is 5. The van der Waals surface area contributed by atoms with Gasteiger partial charge in [-0.3, -0.25) is 9.13 Å². The molecule has 0 unspecified atom stereocenters. The van der Waals surface area contributed by atoms with Crippen LogP contribution in [0.5, 0.6) is 0 Å². The van der Waals surface area contributed by atoms with E-state index in [4.69, 9.17) is 19.9 Å². The smallest absolute Gasteiger partial charge is 0.475 e. The molecule has 182 valence electrons. The number of halogens is 3. The van der Waals surface area contributed by atoms with E-state index in [0.29, 0.717) is 18.1 Å². The van der Waals surface area contributed by atoms with Crippen LogP contribution in [0.2, 0.25) is 0 Å². The Labute approximate surface area is 189 Å². The molecule has 0 bridgehead atoms. The molecule has 0 radical (unpaired) electrons. The zero-order chi connectivity index (χ0) is 24.8. The first-order valence-corrected chi connectivity index (χ1v) is 10.4. The monoisotopic (exact) mass is 471 g/mol. The predicted molar refractivity (Wildman–Crippen MR) is 119 cm³/mol. The molecule has 2 aromatic heterocycles. The summed E-state index contributed by atoms with van der Waals surface area (Å²) in [6.07, 6.45) is -5.08. The van der Waals surface area contributed by atoms with Gasteiger partial charge in [0.25, 0.3) is 0 Å². The Hall–Kier alpha value is -3.27. The lowest BCUT2D eigenvalue weighted by atomic mass is 10.3. The standard InChI is InChI=1S/C18H27N7O.C2HF3O2/c1-5-8-11-25-14-15(22(4)18(25)26)20-17(23(6-2)7-3)21-16(14)24-12-9-19-10-13-24;3-2(4,5)1(6)7/h19H,6-7,9-13H2,1-4H3;(H,6,7). The van der Waals surface area contributed by atoms with Gasteiger partial charge in [-0.15, -0.1) is 5.92 Å². The van der Waals surface area contributed by atoms with Gasteiger partial charge in [-0.1, -0.05) is 5.92 Å². The topological polar surface area (TPSA) is 109 Å².